The first-order valence-corrected chi connectivity index (χ1v) is 8.23. The highest BCUT2D eigenvalue weighted by Gasteiger charge is 2.24. The summed E-state index contributed by atoms with van der Waals surface area (Å²) in [7, 11) is 0.0908. The van der Waals surface area contributed by atoms with Crippen LogP contribution in [0.4, 0.5) is 5.69 Å². The summed E-state index contributed by atoms with van der Waals surface area (Å²) in [6.45, 7) is 0.305. The van der Waals surface area contributed by atoms with Crippen LogP contribution in [0.5, 0.6) is 5.75 Å². The summed E-state index contributed by atoms with van der Waals surface area (Å²) in [5, 5.41) is 5.79. The molecular weight excluding hydrogens is 312 g/mol. The van der Waals surface area contributed by atoms with E-state index in [-0.39, 0.29) is 10.8 Å². The molecule has 1 aliphatic rings. The number of carbonyl (C=O) groups is 1. The van der Waals surface area contributed by atoms with Gasteiger partial charge in [0.1, 0.15) is 10.7 Å². The largest absolute Gasteiger partial charge is 0.496 e. The van der Waals surface area contributed by atoms with Crippen LogP contribution in [0.2, 0.25) is 0 Å². The van der Waals surface area contributed by atoms with Gasteiger partial charge in [0.25, 0.3) is 5.91 Å². The predicted molar refractivity (Wildman–Crippen MR) is 89.4 cm³/mol. The van der Waals surface area contributed by atoms with Crippen LogP contribution in [0.1, 0.15) is 5.56 Å². The van der Waals surface area contributed by atoms with E-state index in [4.69, 9.17) is 4.74 Å². The summed E-state index contributed by atoms with van der Waals surface area (Å²) in [6, 6.07) is 14.7. The zero-order chi connectivity index (χ0) is 16.2. The summed E-state index contributed by atoms with van der Waals surface area (Å²) in [6.07, 6.45) is 1.50. The lowest BCUT2D eigenvalue weighted by Gasteiger charge is -2.17. The van der Waals surface area contributed by atoms with Gasteiger partial charge in [-0.25, -0.2) is 4.21 Å². The molecule has 0 aromatic heterocycles. The molecule has 2 aromatic carbocycles. The number of hydrogen-bond acceptors (Lipinski definition) is 4. The van der Waals surface area contributed by atoms with Crippen LogP contribution in [0.25, 0.3) is 0 Å². The lowest BCUT2D eigenvalue weighted by atomic mass is 10.2. The van der Waals surface area contributed by atoms with E-state index in [2.05, 4.69) is 10.6 Å². The molecule has 118 valence electrons. The lowest BCUT2D eigenvalue weighted by Crippen LogP contribution is -2.28. The predicted octanol–water partition coefficient (Wildman–Crippen LogP) is 2.39. The Bertz CT molecular complexity index is 802. The monoisotopic (exact) mass is 328 g/mol. The third-order valence-corrected chi connectivity index (χ3v) is 4.96. The lowest BCUT2D eigenvalue weighted by molar-refractivity contribution is -0.117. The number of nitrogens with one attached hydrogen (secondary N) is 2. The fraction of sp³-hybridized carbons (Fsp3) is 0.118. The molecule has 2 aromatic rings. The van der Waals surface area contributed by atoms with Gasteiger partial charge in [-0.05, 0) is 18.2 Å². The number of benzene rings is 2. The Kier molecular flexibility index (Phi) is 4.43. The van der Waals surface area contributed by atoms with Crippen molar-refractivity contribution in [3.05, 3.63) is 65.2 Å². The van der Waals surface area contributed by atoms with E-state index in [9.17, 15) is 9.00 Å². The Hall–Kier alpha value is -2.60. The maximum Gasteiger partial charge on any atom is 0.262 e. The second-order valence-electron chi connectivity index (χ2n) is 4.91. The van der Waals surface area contributed by atoms with Crippen molar-refractivity contribution in [3.63, 3.8) is 0 Å². The average molecular weight is 328 g/mol. The minimum Gasteiger partial charge on any atom is -0.496 e. The third-order valence-electron chi connectivity index (χ3n) is 3.50. The van der Waals surface area contributed by atoms with Gasteiger partial charge in [0, 0.05) is 18.3 Å². The highest BCUT2D eigenvalue weighted by atomic mass is 32.2. The number of carbonyl (C=O) groups excluding carboxylic acids is 1. The maximum absolute atomic E-state index is 12.5. The highest BCUT2D eigenvalue weighted by molar-refractivity contribution is 7.90. The maximum atomic E-state index is 12.5. The molecule has 1 unspecified atom stereocenters. The van der Waals surface area contributed by atoms with Crippen molar-refractivity contribution in [2.24, 2.45) is 0 Å². The quantitative estimate of drug-likeness (QED) is 0.904. The van der Waals surface area contributed by atoms with E-state index in [0.29, 0.717) is 17.2 Å². The number of para-hydroxylation sites is 2. The van der Waals surface area contributed by atoms with Crippen LogP contribution in [0.3, 0.4) is 0 Å². The first-order chi connectivity index (χ1) is 11.2. The summed E-state index contributed by atoms with van der Waals surface area (Å²) >= 11 is 0. The van der Waals surface area contributed by atoms with Crippen LogP contribution in [0.15, 0.2) is 64.5 Å². The van der Waals surface area contributed by atoms with E-state index in [0.717, 1.165) is 11.3 Å². The van der Waals surface area contributed by atoms with Gasteiger partial charge in [-0.3, -0.25) is 4.79 Å². The SMILES string of the molecule is COc1ccccc1CNC(=O)C1=CNc2ccccc2S1=O. The summed E-state index contributed by atoms with van der Waals surface area (Å²) < 4.78 is 17.8. The smallest absolute Gasteiger partial charge is 0.262 e. The van der Waals surface area contributed by atoms with Crippen LogP contribution in [-0.2, 0) is 22.1 Å². The van der Waals surface area contributed by atoms with E-state index < -0.39 is 10.8 Å². The van der Waals surface area contributed by atoms with Gasteiger partial charge in [0.15, 0.2) is 0 Å². The number of hydrogen-bond donors (Lipinski definition) is 2. The zero-order valence-electron chi connectivity index (χ0n) is 12.5. The van der Waals surface area contributed by atoms with Gasteiger partial charge < -0.3 is 15.4 Å². The normalized spacial score (nSPS) is 15.9. The summed E-state index contributed by atoms with van der Waals surface area (Å²) in [5.41, 5.74) is 1.62. The average Bonchev–Trinajstić information content (AvgIpc) is 2.60. The molecule has 0 radical (unpaired) electrons. The van der Waals surface area contributed by atoms with Crippen molar-refractivity contribution in [2.75, 3.05) is 12.4 Å². The topological polar surface area (TPSA) is 67.4 Å². The number of amides is 1. The Morgan fingerprint density at radius 2 is 1.91 bits per heavy atom. The first kappa shape index (κ1) is 15.3. The molecular formula is C17H16N2O3S. The molecule has 5 nitrogen and oxygen atoms in total. The number of methoxy groups -OCH3 is 1. The summed E-state index contributed by atoms with van der Waals surface area (Å²) in [5.74, 6) is 0.339. The van der Waals surface area contributed by atoms with Crippen LogP contribution < -0.4 is 15.4 Å². The van der Waals surface area contributed by atoms with Crippen LogP contribution in [0, 0.1) is 0 Å². The van der Waals surface area contributed by atoms with Gasteiger partial charge in [-0.2, -0.15) is 0 Å². The Morgan fingerprint density at radius 3 is 2.74 bits per heavy atom. The molecule has 1 atom stereocenters. The molecule has 1 aliphatic heterocycles. The molecule has 1 amide bonds. The minimum absolute atomic E-state index is 0.207. The Morgan fingerprint density at radius 1 is 1.17 bits per heavy atom. The highest BCUT2D eigenvalue weighted by Crippen LogP contribution is 2.27. The molecule has 0 bridgehead atoms. The van der Waals surface area contributed by atoms with Crippen LogP contribution >= 0.6 is 0 Å². The van der Waals surface area contributed by atoms with Crippen molar-refractivity contribution in [1.29, 1.82) is 0 Å². The molecule has 6 heteroatoms. The van der Waals surface area contributed by atoms with E-state index in [1.54, 1.807) is 19.2 Å². The number of ether oxygens (including phenoxy) is 1. The molecule has 23 heavy (non-hydrogen) atoms. The van der Waals surface area contributed by atoms with Gasteiger partial charge in [0.2, 0.25) is 0 Å². The molecule has 0 fully saturated rings. The second-order valence-corrected chi connectivity index (χ2v) is 6.33. The van der Waals surface area contributed by atoms with E-state index >= 15 is 0 Å². The Labute approximate surface area is 136 Å². The minimum atomic E-state index is -1.49. The third kappa shape index (κ3) is 3.12. The first-order valence-electron chi connectivity index (χ1n) is 7.08. The molecule has 2 N–H and O–H groups in total. The molecule has 0 saturated heterocycles. The van der Waals surface area contributed by atoms with Crippen molar-refractivity contribution >= 4 is 22.4 Å². The van der Waals surface area contributed by atoms with E-state index in [1.807, 2.05) is 36.4 Å². The fourth-order valence-corrected chi connectivity index (χ4v) is 3.50. The number of fused-ring (bicyclic) bond motifs is 1. The van der Waals surface area contributed by atoms with Crippen molar-refractivity contribution in [2.45, 2.75) is 11.4 Å². The van der Waals surface area contributed by atoms with Gasteiger partial charge in [0.05, 0.1) is 28.5 Å². The van der Waals surface area contributed by atoms with Gasteiger partial charge in [-0.15, -0.1) is 0 Å². The standard InChI is InChI=1S/C17H16N2O3S/c1-22-14-8-4-2-6-12(14)10-19-17(20)16-11-18-13-7-3-5-9-15(13)23(16)21/h2-9,11,18H,10H2,1H3,(H,19,20). The van der Waals surface area contributed by atoms with Crippen molar-refractivity contribution in [3.8, 4) is 5.75 Å². The van der Waals surface area contributed by atoms with Crippen molar-refractivity contribution in [1.82, 2.24) is 5.32 Å². The molecule has 0 saturated carbocycles. The van der Waals surface area contributed by atoms with E-state index in [1.165, 1.54) is 6.20 Å². The van der Waals surface area contributed by atoms with Crippen molar-refractivity contribution < 1.29 is 13.7 Å². The fourth-order valence-electron chi connectivity index (χ4n) is 2.32. The zero-order valence-corrected chi connectivity index (χ0v) is 13.4. The molecule has 0 aliphatic carbocycles. The van der Waals surface area contributed by atoms with Gasteiger partial charge >= 0.3 is 0 Å². The number of rotatable bonds is 4. The van der Waals surface area contributed by atoms with Crippen LogP contribution in [-0.4, -0.2) is 17.2 Å². The second kappa shape index (κ2) is 6.66. The molecule has 1 heterocycles. The molecule has 3 rings (SSSR count). The number of anilines is 1. The summed E-state index contributed by atoms with van der Waals surface area (Å²) in [4.78, 5) is 13.2. The van der Waals surface area contributed by atoms with Gasteiger partial charge in [-0.1, -0.05) is 30.3 Å². The Balaban J connectivity index is 1.72. The molecule has 0 spiro atoms.